The fourth-order valence-corrected chi connectivity index (χ4v) is 2.96. The first-order chi connectivity index (χ1) is 11.5. The number of carbonyl (C=O) groups is 2. The van der Waals surface area contributed by atoms with Gasteiger partial charge in [-0.15, -0.1) is 10.2 Å². The molecule has 1 amide bonds. The summed E-state index contributed by atoms with van der Waals surface area (Å²) < 4.78 is 1.75. The highest BCUT2D eigenvalue weighted by Gasteiger charge is 2.35. The number of nitrogens with zero attached hydrogens (tertiary/aromatic N) is 4. The van der Waals surface area contributed by atoms with E-state index in [0.29, 0.717) is 23.1 Å². The number of benzene rings is 1. The van der Waals surface area contributed by atoms with Gasteiger partial charge in [-0.1, -0.05) is 23.7 Å². The molecule has 1 unspecified atom stereocenters. The number of carbonyl (C=O) groups excluding carboxylic acids is 1. The summed E-state index contributed by atoms with van der Waals surface area (Å²) in [6.07, 6.45) is 0.767. The zero-order valence-corrected chi connectivity index (χ0v) is 13.9. The summed E-state index contributed by atoms with van der Waals surface area (Å²) in [6, 6.07) is 6.37. The zero-order valence-electron chi connectivity index (χ0n) is 13.1. The van der Waals surface area contributed by atoms with Gasteiger partial charge in [-0.25, -0.2) is 4.79 Å². The Balaban J connectivity index is 1.72. The Morgan fingerprint density at radius 2 is 2.00 bits per heavy atom. The molecule has 8 heteroatoms. The first-order valence-corrected chi connectivity index (χ1v) is 7.99. The Morgan fingerprint density at radius 3 is 2.67 bits per heavy atom. The van der Waals surface area contributed by atoms with Crippen LogP contribution in [0.2, 0.25) is 5.02 Å². The second-order valence-corrected chi connectivity index (χ2v) is 6.21. The van der Waals surface area contributed by atoms with Crippen molar-refractivity contribution in [2.75, 3.05) is 0 Å². The van der Waals surface area contributed by atoms with Gasteiger partial charge in [0.05, 0.1) is 13.1 Å². The fourth-order valence-electron chi connectivity index (χ4n) is 2.83. The molecule has 1 aliphatic heterocycles. The molecule has 126 valence electrons. The molecular formula is C16H17ClN4O3. The summed E-state index contributed by atoms with van der Waals surface area (Å²) in [7, 11) is 0. The van der Waals surface area contributed by atoms with Gasteiger partial charge in [0.25, 0.3) is 0 Å². The summed E-state index contributed by atoms with van der Waals surface area (Å²) in [6.45, 7) is 2.11. The van der Waals surface area contributed by atoms with Crippen molar-refractivity contribution in [3.63, 3.8) is 0 Å². The van der Waals surface area contributed by atoms with Crippen LogP contribution in [0.15, 0.2) is 24.3 Å². The van der Waals surface area contributed by atoms with Crippen LogP contribution in [-0.4, -0.2) is 42.7 Å². The molecule has 3 rings (SSSR count). The van der Waals surface area contributed by atoms with Crippen LogP contribution in [0.1, 0.15) is 23.6 Å². The van der Waals surface area contributed by atoms with E-state index < -0.39 is 12.0 Å². The first kappa shape index (κ1) is 16.4. The number of aromatic nitrogens is 3. The number of carboxylic acid groups (broad SMARTS) is 1. The van der Waals surface area contributed by atoms with Crippen molar-refractivity contribution >= 4 is 23.5 Å². The predicted octanol–water partition coefficient (Wildman–Crippen LogP) is 1.67. The van der Waals surface area contributed by atoms with E-state index in [1.165, 1.54) is 4.90 Å². The van der Waals surface area contributed by atoms with Crippen molar-refractivity contribution in [3.05, 3.63) is 46.5 Å². The summed E-state index contributed by atoms with van der Waals surface area (Å²) in [5, 5.41) is 18.1. The van der Waals surface area contributed by atoms with Gasteiger partial charge < -0.3 is 14.6 Å². The van der Waals surface area contributed by atoms with Gasteiger partial charge in [0.1, 0.15) is 11.9 Å². The minimum absolute atomic E-state index is 0.164. The lowest BCUT2D eigenvalue weighted by Gasteiger charge is -2.33. The predicted molar refractivity (Wildman–Crippen MR) is 86.5 cm³/mol. The minimum atomic E-state index is -1.02. The molecule has 24 heavy (non-hydrogen) atoms. The second kappa shape index (κ2) is 6.60. The Labute approximate surface area is 143 Å². The van der Waals surface area contributed by atoms with E-state index in [-0.39, 0.29) is 25.4 Å². The molecular weight excluding hydrogens is 332 g/mol. The maximum absolute atomic E-state index is 12.5. The molecule has 0 saturated carbocycles. The molecule has 0 radical (unpaired) electrons. The smallest absolute Gasteiger partial charge is 0.328 e. The molecule has 7 nitrogen and oxygen atoms in total. The molecule has 1 N–H and O–H groups in total. The Kier molecular flexibility index (Phi) is 4.53. The van der Waals surface area contributed by atoms with Gasteiger partial charge >= 0.3 is 5.97 Å². The number of hydrogen-bond donors (Lipinski definition) is 1. The fraction of sp³-hybridized carbons (Fsp3) is 0.375. The van der Waals surface area contributed by atoms with Gasteiger partial charge in [-0.05, 0) is 31.0 Å². The zero-order chi connectivity index (χ0) is 17.3. The van der Waals surface area contributed by atoms with Crippen LogP contribution < -0.4 is 0 Å². The van der Waals surface area contributed by atoms with Gasteiger partial charge in [0.15, 0.2) is 5.82 Å². The lowest BCUT2D eigenvalue weighted by molar-refractivity contribution is -0.152. The van der Waals surface area contributed by atoms with Gasteiger partial charge in [-0.3, -0.25) is 4.79 Å². The standard InChI is InChI=1S/C16H17ClN4O3/c1-10-18-19-14-9-21(13(16(23)24)8-20(10)14)15(22)7-4-11-2-5-12(17)6-3-11/h2-3,5-6,13H,4,7-9H2,1H3,(H,23,24). The topological polar surface area (TPSA) is 88.3 Å². The van der Waals surface area contributed by atoms with Gasteiger partial charge in [-0.2, -0.15) is 0 Å². The molecule has 0 fully saturated rings. The summed E-state index contributed by atoms with van der Waals surface area (Å²) in [5.41, 5.74) is 0.982. The molecule has 1 aromatic carbocycles. The number of aliphatic carboxylic acids is 1. The van der Waals surface area contributed by atoms with E-state index in [1.54, 1.807) is 23.6 Å². The monoisotopic (exact) mass is 348 g/mol. The molecule has 0 spiro atoms. The number of rotatable bonds is 4. The first-order valence-electron chi connectivity index (χ1n) is 7.61. The van der Waals surface area contributed by atoms with Crippen molar-refractivity contribution in [3.8, 4) is 0 Å². The molecule has 2 heterocycles. The minimum Gasteiger partial charge on any atom is -0.480 e. The normalized spacial score (nSPS) is 16.8. The van der Waals surface area contributed by atoms with Crippen LogP contribution in [0.4, 0.5) is 0 Å². The van der Waals surface area contributed by atoms with Crippen LogP contribution in [0, 0.1) is 6.92 Å². The molecule has 2 aromatic rings. The second-order valence-electron chi connectivity index (χ2n) is 5.78. The number of amides is 1. The van der Waals surface area contributed by atoms with E-state index in [4.69, 9.17) is 11.6 Å². The molecule has 1 aliphatic rings. The number of carboxylic acids is 1. The van der Waals surface area contributed by atoms with Crippen molar-refractivity contribution in [2.24, 2.45) is 0 Å². The highest BCUT2D eigenvalue weighted by Crippen LogP contribution is 2.20. The third-order valence-corrected chi connectivity index (χ3v) is 4.45. The maximum atomic E-state index is 12.5. The summed E-state index contributed by atoms with van der Waals surface area (Å²) in [4.78, 5) is 25.5. The van der Waals surface area contributed by atoms with E-state index in [9.17, 15) is 14.7 Å². The van der Waals surface area contributed by atoms with Crippen LogP contribution in [0.3, 0.4) is 0 Å². The summed E-state index contributed by atoms with van der Waals surface area (Å²) in [5.74, 6) is 0.0483. The van der Waals surface area contributed by atoms with Gasteiger partial charge in [0.2, 0.25) is 5.91 Å². The number of fused-ring (bicyclic) bond motifs is 1. The third kappa shape index (κ3) is 3.26. The molecule has 1 aromatic heterocycles. The average Bonchev–Trinajstić information content (AvgIpc) is 2.93. The van der Waals surface area contributed by atoms with Crippen molar-refractivity contribution in [1.29, 1.82) is 0 Å². The Hall–Kier alpha value is -2.41. The quantitative estimate of drug-likeness (QED) is 0.908. The molecule has 1 atom stereocenters. The molecule has 0 aliphatic carbocycles. The van der Waals surface area contributed by atoms with Crippen LogP contribution in [0.5, 0.6) is 0 Å². The van der Waals surface area contributed by atoms with Crippen LogP contribution >= 0.6 is 11.6 Å². The average molecular weight is 349 g/mol. The van der Waals surface area contributed by atoms with Crippen LogP contribution in [-0.2, 0) is 29.1 Å². The van der Waals surface area contributed by atoms with Gasteiger partial charge in [0, 0.05) is 11.4 Å². The van der Waals surface area contributed by atoms with Crippen molar-refractivity contribution in [2.45, 2.75) is 38.9 Å². The Bertz CT molecular complexity index is 772. The SMILES string of the molecule is Cc1nnc2n1CC(C(=O)O)N(C(=O)CCc1ccc(Cl)cc1)C2. The van der Waals surface area contributed by atoms with Crippen LogP contribution in [0.25, 0.3) is 0 Å². The third-order valence-electron chi connectivity index (χ3n) is 4.20. The summed E-state index contributed by atoms with van der Waals surface area (Å²) >= 11 is 5.84. The number of aryl methyl sites for hydroxylation is 2. The number of halogens is 1. The van der Waals surface area contributed by atoms with E-state index in [1.807, 2.05) is 12.1 Å². The highest BCUT2D eigenvalue weighted by atomic mass is 35.5. The highest BCUT2D eigenvalue weighted by molar-refractivity contribution is 6.30. The molecule has 0 bridgehead atoms. The molecule has 0 saturated heterocycles. The van der Waals surface area contributed by atoms with E-state index in [0.717, 1.165) is 5.56 Å². The van der Waals surface area contributed by atoms with Crippen molar-refractivity contribution in [1.82, 2.24) is 19.7 Å². The maximum Gasteiger partial charge on any atom is 0.328 e. The largest absolute Gasteiger partial charge is 0.480 e. The van der Waals surface area contributed by atoms with E-state index in [2.05, 4.69) is 10.2 Å². The van der Waals surface area contributed by atoms with Crippen molar-refractivity contribution < 1.29 is 14.7 Å². The Morgan fingerprint density at radius 1 is 1.29 bits per heavy atom. The van der Waals surface area contributed by atoms with E-state index >= 15 is 0 Å². The number of hydrogen-bond acceptors (Lipinski definition) is 4. The lowest BCUT2D eigenvalue weighted by atomic mass is 10.1. The lowest BCUT2D eigenvalue weighted by Crippen LogP contribution is -2.50.